The number of aliphatic hydroxyl groups is 1. The zero-order valence-electron chi connectivity index (χ0n) is 11.8. The zero-order chi connectivity index (χ0) is 13.2. The fourth-order valence-corrected chi connectivity index (χ4v) is 3.56. The summed E-state index contributed by atoms with van der Waals surface area (Å²) in [6.07, 6.45) is 3.51. The zero-order valence-corrected chi connectivity index (χ0v) is 11.8. The Morgan fingerprint density at radius 3 is 2.17 bits per heavy atom. The number of likely N-dealkylation sites (tertiary alicyclic amines) is 1. The van der Waals surface area contributed by atoms with E-state index in [0.29, 0.717) is 12.6 Å². The van der Waals surface area contributed by atoms with E-state index in [-0.39, 0.29) is 5.41 Å². The molecule has 0 saturated carbocycles. The lowest BCUT2D eigenvalue weighted by molar-refractivity contribution is -0.155. The van der Waals surface area contributed by atoms with Crippen molar-refractivity contribution in [1.82, 2.24) is 4.90 Å². The van der Waals surface area contributed by atoms with Crippen LogP contribution < -0.4 is 5.73 Å². The molecule has 2 fully saturated rings. The highest BCUT2D eigenvalue weighted by atomic mass is 16.5. The van der Waals surface area contributed by atoms with Crippen LogP contribution >= 0.6 is 0 Å². The molecule has 106 valence electrons. The van der Waals surface area contributed by atoms with E-state index in [0.717, 1.165) is 52.0 Å². The van der Waals surface area contributed by atoms with E-state index in [1.165, 1.54) is 0 Å². The summed E-state index contributed by atoms with van der Waals surface area (Å²) < 4.78 is 5.44. The molecular weight excluding hydrogens is 228 g/mol. The van der Waals surface area contributed by atoms with E-state index in [2.05, 4.69) is 18.7 Å². The summed E-state index contributed by atoms with van der Waals surface area (Å²) >= 11 is 0. The molecule has 3 N–H and O–H groups in total. The lowest BCUT2D eigenvalue weighted by atomic mass is 9.63. The van der Waals surface area contributed by atoms with Gasteiger partial charge in [0.1, 0.15) is 0 Å². The van der Waals surface area contributed by atoms with Crippen LogP contribution in [-0.2, 0) is 4.74 Å². The minimum absolute atomic E-state index is 0.117. The number of hydrogen-bond acceptors (Lipinski definition) is 4. The fraction of sp³-hybridized carbons (Fsp3) is 1.00. The maximum absolute atomic E-state index is 11.1. The number of rotatable bonds is 3. The molecule has 0 bridgehead atoms. The van der Waals surface area contributed by atoms with Crippen LogP contribution in [0, 0.1) is 5.41 Å². The Morgan fingerprint density at radius 2 is 1.72 bits per heavy atom. The Bertz CT molecular complexity index is 267. The van der Waals surface area contributed by atoms with Crippen molar-refractivity contribution in [3.63, 3.8) is 0 Å². The molecule has 2 saturated heterocycles. The van der Waals surface area contributed by atoms with Gasteiger partial charge in [0.25, 0.3) is 0 Å². The van der Waals surface area contributed by atoms with E-state index in [1.807, 2.05) is 0 Å². The van der Waals surface area contributed by atoms with Crippen LogP contribution in [0.15, 0.2) is 0 Å². The number of nitrogens with zero attached hydrogens (tertiary/aromatic N) is 1. The molecule has 2 heterocycles. The van der Waals surface area contributed by atoms with Gasteiger partial charge in [-0.25, -0.2) is 0 Å². The molecule has 0 atom stereocenters. The lowest BCUT2D eigenvalue weighted by Gasteiger charge is -2.53. The van der Waals surface area contributed by atoms with Crippen LogP contribution in [-0.4, -0.2) is 54.5 Å². The third kappa shape index (κ3) is 2.44. The van der Waals surface area contributed by atoms with Crippen molar-refractivity contribution in [2.45, 2.75) is 51.2 Å². The molecule has 0 radical (unpaired) electrons. The summed E-state index contributed by atoms with van der Waals surface area (Å²) in [5, 5.41) is 11.1. The summed E-state index contributed by atoms with van der Waals surface area (Å²) in [7, 11) is 0. The quantitative estimate of drug-likeness (QED) is 0.790. The van der Waals surface area contributed by atoms with Crippen molar-refractivity contribution < 1.29 is 9.84 Å². The number of ether oxygens (including phenoxy) is 1. The van der Waals surface area contributed by atoms with Gasteiger partial charge in [0.2, 0.25) is 0 Å². The molecule has 0 aromatic rings. The predicted octanol–water partition coefficient (Wildman–Crippen LogP) is 0.977. The molecule has 0 aromatic carbocycles. The average Bonchev–Trinajstić information content (AvgIpc) is 2.40. The minimum Gasteiger partial charge on any atom is -0.389 e. The highest BCUT2D eigenvalue weighted by molar-refractivity contribution is 5.03. The first-order valence-electron chi connectivity index (χ1n) is 7.27. The molecule has 0 aromatic heterocycles. The van der Waals surface area contributed by atoms with Crippen molar-refractivity contribution in [2.24, 2.45) is 11.1 Å². The van der Waals surface area contributed by atoms with Gasteiger partial charge in [0.05, 0.1) is 5.60 Å². The number of nitrogens with two attached hydrogens (primary N) is 1. The van der Waals surface area contributed by atoms with Crippen LogP contribution in [0.1, 0.15) is 39.5 Å². The van der Waals surface area contributed by atoms with E-state index in [9.17, 15) is 5.11 Å². The standard InChI is InChI=1S/C14H28N2O2/c1-12(2)16-7-3-14(17,4-8-16)13(11-15)5-9-18-10-6-13/h12,17H,3-11,15H2,1-2H3. The molecular formula is C14H28N2O2. The Balaban J connectivity index is 2.06. The van der Waals surface area contributed by atoms with E-state index < -0.39 is 5.60 Å². The second-order valence-corrected chi connectivity index (χ2v) is 6.26. The summed E-state index contributed by atoms with van der Waals surface area (Å²) in [5.41, 5.74) is 5.32. The molecule has 18 heavy (non-hydrogen) atoms. The third-order valence-electron chi connectivity index (χ3n) is 5.18. The molecule has 0 amide bonds. The van der Waals surface area contributed by atoms with E-state index >= 15 is 0 Å². The van der Waals surface area contributed by atoms with Crippen LogP contribution in [0.25, 0.3) is 0 Å². The molecule has 0 aliphatic carbocycles. The van der Waals surface area contributed by atoms with Gasteiger partial charge in [-0.05, 0) is 39.5 Å². The first-order chi connectivity index (χ1) is 8.53. The second kappa shape index (κ2) is 5.45. The van der Waals surface area contributed by atoms with Gasteiger partial charge in [0.15, 0.2) is 0 Å². The first-order valence-corrected chi connectivity index (χ1v) is 7.27. The monoisotopic (exact) mass is 256 g/mol. The Kier molecular flexibility index (Phi) is 4.32. The second-order valence-electron chi connectivity index (χ2n) is 6.26. The molecule has 2 aliphatic rings. The normalized spacial score (nSPS) is 28.5. The summed E-state index contributed by atoms with van der Waals surface area (Å²) in [4.78, 5) is 2.44. The minimum atomic E-state index is -0.586. The van der Waals surface area contributed by atoms with Crippen LogP contribution in [0.2, 0.25) is 0 Å². The van der Waals surface area contributed by atoms with Gasteiger partial charge in [-0.2, -0.15) is 0 Å². The van der Waals surface area contributed by atoms with Crippen LogP contribution in [0.4, 0.5) is 0 Å². The van der Waals surface area contributed by atoms with E-state index in [1.54, 1.807) is 0 Å². The van der Waals surface area contributed by atoms with E-state index in [4.69, 9.17) is 10.5 Å². The molecule has 4 heteroatoms. The number of piperidine rings is 1. The third-order valence-corrected chi connectivity index (χ3v) is 5.18. The van der Waals surface area contributed by atoms with Crippen LogP contribution in [0.5, 0.6) is 0 Å². The van der Waals surface area contributed by atoms with Gasteiger partial charge < -0.3 is 20.5 Å². The van der Waals surface area contributed by atoms with Gasteiger partial charge in [0, 0.05) is 44.3 Å². The molecule has 2 aliphatic heterocycles. The van der Waals surface area contributed by atoms with Gasteiger partial charge in [-0.15, -0.1) is 0 Å². The van der Waals surface area contributed by atoms with Gasteiger partial charge in [-0.1, -0.05) is 0 Å². The maximum atomic E-state index is 11.1. The van der Waals surface area contributed by atoms with Gasteiger partial charge in [-0.3, -0.25) is 0 Å². The van der Waals surface area contributed by atoms with Gasteiger partial charge >= 0.3 is 0 Å². The van der Waals surface area contributed by atoms with Crippen LogP contribution in [0.3, 0.4) is 0 Å². The lowest BCUT2D eigenvalue weighted by Crippen LogP contribution is -2.60. The smallest absolute Gasteiger partial charge is 0.0741 e. The van der Waals surface area contributed by atoms with Crippen molar-refractivity contribution in [2.75, 3.05) is 32.8 Å². The Hall–Kier alpha value is -0.160. The maximum Gasteiger partial charge on any atom is 0.0741 e. The molecule has 2 rings (SSSR count). The Labute approximate surface area is 110 Å². The molecule has 0 spiro atoms. The molecule has 4 nitrogen and oxygen atoms in total. The van der Waals surface area contributed by atoms with Crippen molar-refractivity contribution in [1.29, 1.82) is 0 Å². The molecule has 0 unspecified atom stereocenters. The highest BCUT2D eigenvalue weighted by Gasteiger charge is 2.51. The SMILES string of the molecule is CC(C)N1CCC(O)(C2(CN)CCOCC2)CC1. The Morgan fingerprint density at radius 1 is 1.17 bits per heavy atom. The first kappa shape index (κ1) is 14.3. The highest BCUT2D eigenvalue weighted by Crippen LogP contribution is 2.45. The van der Waals surface area contributed by atoms with Crippen molar-refractivity contribution in [3.05, 3.63) is 0 Å². The summed E-state index contributed by atoms with van der Waals surface area (Å²) in [6.45, 7) is 8.47. The number of hydrogen-bond donors (Lipinski definition) is 2. The average molecular weight is 256 g/mol. The summed E-state index contributed by atoms with van der Waals surface area (Å²) in [6, 6.07) is 0.568. The van der Waals surface area contributed by atoms with Crippen molar-refractivity contribution in [3.8, 4) is 0 Å². The topological polar surface area (TPSA) is 58.7 Å². The summed E-state index contributed by atoms with van der Waals surface area (Å²) in [5.74, 6) is 0. The fourth-order valence-electron chi connectivity index (χ4n) is 3.56. The predicted molar refractivity (Wildman–Crippen MR) is 72.4 cm³/mol. The largest absolute Gasteiger partial charge is 0.389 e. The van der Waals surface area contributed by atoms with Crippen molar-refractivity contribution >= 4 is 0 Å².